The lowest BCUT2D eigenvalue weighted by atomic mass is 10.1. The first-order valence-corrected chi connectivity index (χ1v) is 9.06. The van der Waals surface area contributed by atoms with Crippen LogP contribution in [0.4, 0.5) is 0 Å². The van der Waals surface area contributed by atoms with Crippen LogP contribution < -0.4 is 4.72 Å². The number of nitrogens with one attached hydrogen (secondary N) is 1. The monoisotopic (exact) mass is 347 g/mol. The Morgan fingerprint density at radius 3 is 2.21 bits per heavy atom. The highest BCUT2D eigenvalue weighted by atomic mass is 32.2. The van der Waals surface area contributed by atoms with Gasteiger partial charge in [-0.05, 0) is 49.1 Å². The summed E-state index contributed by atoms with van der Waals surface area (Å²) in [6.45, 7) is 5.50. The van der Waals surface area contributed by atoms with E-state index in [9.17, 15) is 13.2 Å². The highest BCUT2D eigenvalue weighted by Gasteiger charge is 2.25. The number of aliphatic carboxylic acids is 1. The van der Waals surface area contributed by atoms with Gasteiger partial charge in [0.25, 0.3) is 0 Å². The predicted octanol–water partition coefficient (Wildman–Crippen LogP) is 3.11. The van der Waals surface area contributed by atoms with Crippen molar-refractivity contribution >= 4 is 16.0 Å². The maximum atomic E-state index is 12.8. The third kappa shape index (κ3) is 4.21. The Balaban J connectivity index is 2.41. The third-order valence-electron chi connectivity index (χ3n) is 3.96. The van der Waals surface area contributed by atoms with Crippen molar-refractivity contribution in [2.75, 3.05) is 0 Å². The van der Waals surface area contributed by atoms with Crippen molar-refractivity contribution in [3.8, 4) is 0 Å². The zero-order valence-electron chi connectivity index (χ0n) is 13.9. The topological polar surface area (TPSA) is 83.5 Å². The molecule has 24 heavy (non-hydrogen) atoms. The summed E-state index contributed by atoms with van der Waals surface area (Å²) in [4.78, 5) is 11.3. The standard InChI is InChI=1S/C18H21NO4S/c1-12-9-14(3)17(10-13(12)2)24(22,23)19-16(11-18(20)21)15-7-5-4-6-8-15/h4-10,16,19H,11H2,1-3H3,(H,20,21)/t16-/m1/s1. The number of benzene rings is 2. The number of aryl methyl sites for hydroxylation is 3. The summed E-state index contributed by atoms with van der Waals surface area (Å²) >= 11 is 0. The molecule has 2 aromatic rings. The van der Waals surface area contributed by atoms with Gasteiger partial charge >= 0.3 is 5.97 Å². The molecule has 0 amide bonds. The van der Waals surface area contributed by atoms with Crippen LogP contribution >= 0.6 is 0 Å². The molecule has 0 aliphatic rings. The van der Waals surface area contributed by atoms with Crippen LogP contribution in [-0.4, -0.2) is 19.5 Å². The first-order valence-electron chi connectivity index (χ1n) is 7.57. The summed E-state index contributed by atoms with van der Waals surface area (Å²) in [5, 5.41) is 9.11. The molecule has 0 fully saturated rings. The van der Waals surface area contributed by atoms with E-state index in [2.05, 4.69) is 4.72 Å². The van der Waals surface area contributed by atoms with Crippen LogP contribution in [0.2, 0.25) is 0 Å². The molecule has 0 aromatic heterocycles. The zero-order valence-corrected chi connectivity index (χ0v) is 14.7. The molecule has 0 bridgehead atoms. The van der Waals surface area contributed by atoms with E-state index in [-0.39, 0.29) is 11.3 Å². The van der Waals surface area contributed by atoms with Crippen molar-refractivity contribution in [2.45, 2.75) is 38.1 Å². The fourth-order valence-electron chi connectivity index (χ4n) is 2.56. The minimum atomic E-state index is -3.84. The lowest BCUT2D eigenvalue weighted by Crippen LogP contribution is -2.30. The summed E-state index contributed by atoms with van der Waals surface area (Å²) in [6, 6.07) is 11.3. The summed E-state index contributed by atoms with van der Waals surface area (Å²) in [5.74, 6) is -1.07. The third-order valence-corrected chi connectivity index (χ3v) is 5.57. The van der Waals surface area contributed by atoms with Gasteiger partial charge in [-0.15, -0.1) is 0 Å². The van der Waals surface area contributed by atoms with Crippen LogP contribution in [0.5, 0.6) is 0 Å². The number of carbonyl (C=O) groups is 1. The summed E-state index contributed by atoms with van der Waals surface area (Å²) in [5.41, 5.74) is 3.13. The van der Waals surface area contributed by atoms with E-state index in [0.29, 0.717) is 11.1 Å². The normalized spacial score (nSPS) is 12.8. The van der Waals surface area contributed by atoms with Crippen molar-refractivity contribution in [2.24, 2.45) is 0 Å². The van der Waals surface area contributed by atoms with Gasteiger partial charge in [-0.25, -0.2) is 13.1 Å². The van der Waals surface area contributed by atoms with E-state index in [0.717, 1.165) is 11.1 Å². The minimum Gasteiger partial charge on any atom is -0.481 e. The molecule has 6 heteroatoms. The van der Waals surface area contributed by atoms with Gasteiger partial charge in [0.1, 0.15) is 0 Å². The van der Waals surface area contributed by atoms with Gasteiger partial charge in [-0.1, -0.05) is 36.4 Å². The highest BCUT2D eigenvalue weighted by molar-refractivity contribution is 7.89. The predicted molar refractivity (Wildman–Crippen MR) is 92.4 cm³/mol. The van der Waals surface area contributed by atoms with E-state index >= 15 is 0 Å². The van der Waals surface area contributed by atoms with Gasteiger partial charge in [-0.2, -0.15) is 0 Å². The fraction of sp³-hybridized carbons (Fsp3) is 0.278. The van der Waals surface area contributed by atoms with E-state index in [1.165, 1.54) is 0 Å². The van der Waals surface area contributed by atoms with Crippen LogP contribution in [-0.2, 0) is 14.8 Å². The van der Waals surface area contributed by atoms with E-state index in [4.69, 9.17) is 5.11 Å². The van der Waals surface area contributed by atoms with Crippen molar-refractivity contribution < 1.29 is 18.3 Å². The van der Waals surface area contributed by atoms with E-state index in [1.54, 1.807) is 43.3 Å². The zero-order chi connectivity index (χ0) is 17.9. The molecule has 0 saturated carbocycles. The maximum absolute atomic E-state index is 12.8. The molecule has 2 N–H and O–H groups in total. The Bertz CT molecular complexity index is 845. The number of rotatable bonds is 6. The summed E-state index contributed by atoms with van der Waals surface area (Å²) in [6.07, 6.45) is -0.326. The van der Waals surface area contributed by atoms with Gasteiger partial charge < -0.3 is 5.11 Å². The Hall–Kier alpha value is -2.18. The van der Waals surface area contributed by atoms with Crippen molar-refractivity contribution in [1.82, 2.24) is 4.72 Å². The van der Waals surface area contributed by atoms with Gasteiger partial charge in [0.15, 0.2) is 0 Å². The smallest absolute Gasteiger partial charge is 0.305 e. The molecule has 0 aliphatic carbocycles. The largest absolute Gasteiger partial charge is 0.481 e. The van der Waals surface area contributed by atoms with Gasteiger partial charge in [0.05, 0.1) is 17.4 Å². The van der Waals surface area contributed by atoms with Gasteiger partial charge in [0.2, 0.25) is 10.0 Å². The Kier molecular flexibility index (Phi) is 5.41. The molecule has 2 rings (SSSR count). The first kappa shape index (κ1) is 18.2. The van der Waals surface area contributed by atoms with Crippen LogP contribution in [0.3, 0.4) is 0 Å². The second kappa shape index (κ2) is 7.15. The molecule has 0 unspecified atom stereocenters. The average molecular weight is 347 g/mol. The lowest BCUT2D eigenvalue weighted by Gasteiger charge is -2.19. The number of hydrogen-bond donors (Lipinski definition) is 2. The van der Waals surface area contributed by atoms with Crippen LogP contribution in [0, 0.1) is 20.8 Å². The molecule has 0 spiro atoms. The Morgan fingerprint density at radius 2 is 1.62 bits per heavy atom. The number of carboxylic acids is 1. The van der Waals surface area contributed by atoms with E-state index < -0.39 is 22.0 Å². The number of carboxylic acid groups (broad SMARTS) is 1. The second-order valence-corrected chi connectivity index (χ2v) is 7.57. The molecular weight excluding hydrogens is 326 g/mol. The fourth-order valence-corrected chi connectivity index (χ4v) is 4.10. The average Bonchev–Trinajstić information content (AvgIpc) is 2.50. The molecular formula is C18H21NO4S. The molecule has 0 saturated heterocycles. The van der Waals surface area contributed by atoms with Crippen molar-refractivity contribution in [1.29, 1.82) is 0 Å². The molecule has 5 nitrogen and oxygen atoms in total. The number of sulfonamides is 1. The molecule has 0 heterocycles. The quantitative estimate of drug-likeness (QED) is 0.841. The lowest BCUT2D eigenvalue weighted by molar-refractivity contribution is -0.137. The van der Waals surface area contributed by atoms with E-state index in [1.807, 2.05) is 19.9 Å². The minimum absolute atomic E-state index is 0.178. The highest BCUT2D eigenvalue weighted by Crippen LogP contribution is 2.24. The molecule has 0 radical (unpaired) electrons. The van der Waals surface area contributed by atoms with Crippen LogP contribution in [0.15, 0.2) is 47.4 Å². The van der Waals surface area contributed by atoms with Crippen LogP contribution in [0.25, 0.3) is 0 Å². The summed E-state index contributed by atoms with van der Waals surface area (Å²) in [7, 11) is -3.84. The second-order valence-electron chi connectivity index (χ2n) is 5.88. The Labute approximate surface area is 142 Å². The molecule has 2 aromatic carbocycles. The maximum Gasteiger partial charge on any atom is 0.305 e. The molecule has 1 atom stereocenters. The number of hydrogen-bond acceptors (Lipinski definition) is 3. The first-order chi connectivity index (χ1) is 11.2. The van der Waals surface area contributed by atoms with Gasteiger partial charge in [-0.3, -0.25) is 4.79 Å². The van der Waals surface area contributed by atoms with Crippen molar-refractivity contribution in [3.05, 3.63) is 64.7 Å². The summed E-state index contributed by atoms with van der Waals surface area (Å²) < 4.78 is 28.1. The van der Waals surface area contributed by atoms with Crippen molar-refractivity contribution in [3.63, 3.8) is 0 Å². The Morgan fingerprint density at radius 1 is 1.04 bits per heavy atom. The molecule has 128 valence electrons. The molecule has 0 aliphatic heterocycles. The van der Waals surface area contributed by atoms with Crippen LogP contribution in [0.1, 0.15) is 34.7 Å². The van der Waals surface area contributed by atoms with Gasteiger partial charge in [0, 0.05) is 0 Å². The SMILES string of the molecule is Cc1cc(C)c(S(=O)(=O)N[C@H](CC(=O)O)c2ccccc2)cc1C.